The van der Waals surface area contributed by atoms with Crippen LogP contribution >= 0.6 is 23.2 Å². The molecular formula is C23H16Cl2F3N6O2+. The van der Waals surface area contributed by atoms with Crippen LogP contribution in [0.2, 0.25) is 10.0 Å². The molecular weight excluding hydrogens is 520 g/mol. The second kappa shape index (κ2) is 9.88. The second-order valence-corrected chi connectivity index (χ2v) is 8.20. The first-order valence-electron chi connectivity index (χ1n) is 10.1. The standard InChI is InChI=1S/C23H15Cl2F3N6O2/c24-16-4-2-12(31-22(35)32-13-3-5-17(25)15(9-13)23(26,27)28)8-14(16)21-33-18-6-1-11(7-19(18)34-21)20(30)36-10-29/h1-10,29-30H,(H,33,34)(H2,31,32,35)/p+1. The first-order valence-corrected chi connectivity index (χ1v) is 10.8. The maximum atomic E-state index is 13.1. The molecule has 0 fully saturated rings. The predicted molar refractivity (Wildman–Crippen MR) is 132 cm³/mol. The summed E-state index contributed by atoms with van der Waals surface area (Å²) in [7, 11) is 0. The van der Waals surface area contributed by atoms with Gasteiger partial charge in [0.15, 0.2) is 6.40 Å². The summed E-state index contributed by atoms with van der Waals surface area (Å²) in [6.07, 6.45) is -3.95. The van der Waals surface area contributed by atoms with Gasteiger partial charge in [-0.2, -0.15) is 13.2 Å². The van der Waals surface area contributed by atoms with Crippen LogP contribution in [0.15, 0.2) is 54.6 Å². The minimum atomic E-state index is -4.67. The van der Waals surface area contributed by atoms with Gasteiger partial charge in [0, 0.05) is 16.9 Å². The summed E-state index contributed by atoms with van der Waals surface area (Å²) >= 11 is 12.0. The van der Waals surface area contributed by atoms with Gasteiger partial charge in [-0.05, 0) is 54.6 Å². The number of hydrogen-bond donors (Lipinski definition) is 5. The minimum Gasteiger partial charge on any atom is -0.394 e. The Bertz CT molecular complexity index is 1500. The van der Waals surface area contributed by atoms with Crippen molar-refractivity contribution in [2.75, 3.05) is 10.6 Å². The summed E-state index contributed by atoms with van der Waals surface area (Å²) in [5.74, 6) is 0.441. The normalized spacial score (nSPS) is 11.2. The molecule has 8 nitrogen and oxygen atoms in total. The van der Waals surface area contributed by atoms with E-state index < -0.39 is 22.8 Å². The number of aromatic nitrogens is 2. The Morgan fingerprint density at radius 1 is 1.03 bits per heavy atom. The van der Waals surface area contributed by atoms with Gasteiger partial charge >= 0.3 is 18.1 Å². The van der Waals surface area contributed by atoms with Crippen molar-refractivity contribution < 1.29 is 28.1 Å². The van der Waals surface area contributed by atoms with Crippen molar-refractivity contribution in [2.24, 2.45) is 0 Å². The number of H-pyrrole nitrogens is 1. The van der Waals surface area contributed by atoms with E-state index in [1.54, 1.807) is 30.3 Å². The Morgan fingerprint density at radius 3 is 2.36 bits per heavy atom. The molecule has 6 N–H and O–H groups in total. The lowest BCUT2D eigenvalue weighted by Gasteiger charge is -2.13. The summed E-state index contributed by atoms with van der Waals surface area (Å²) < 4.78 is 44.1. The number of urea groups is 1. The van der Waals surface area contributed by atoms with Crippen molar-refractivity contribution in [1.82, 2.24) is 9.97 Å². The number of alkyl halides is 3. The van der Waals surface area contributed by atoms with E-state index in [4.69, 9.17) is 38.8 Å². The highest BCUT2D eigenvalue weighted by molar-refractivity contribution is 6.33. The number of amides is 2. The van der Waals surface area contributed by atoms with Crippen LogP contribution in [0.4, 0.5) is 29.3 Å². The number of benzene rings is 3. The van der Waals surface area contributed by atoms with E-state index in [0.717, 1.165) is 12.1 Å². The van der Waals surface area contributed by atoms with E-state index in [-0.39, 0.29) is 11.6 Å². The van der Waals surface area contributed by atoms with Gasteiger partial charge in [-0.15, -0.1) is 0 Å². The van der Waals surface area contributed by atoms with Gasteiger partial charge in [-0.3, -0.25) is 5.41 Å². The fourth-order valence-electron chi connectivity index (χ4n) is 3.32. The molecule has 184 valence electrons. The largest absolute Gasteiger partial charge is 0.417 e. The first-order chi connectivity index (χ1) is 17.0. The van der Waals surface area contributed by atoms with E-state index >= 15 is 0 Å². The van der Waals surface area contributed by atoms with Crippen LogP contribution in [0.25, 0.3) is 22.4 Å². The molecule has 2 amide bonds. The predicted octanol–water partition coefficient (Wildman–Crippen LogP) is 5.33. The van der Waals surface area contributed by atoms with Gasteiger partial charge in [-0.1, -0.05) is 23.2 Å². The molecule has 0 saturated heterocycles. The van der Waals surface area contributed by atoms with Crippen molar-refractivity contribution in [3.05, 3.63) is 75.8 Å². The molecule has 1 aromatic heterocycles. The van der Waals surface area contributed by atoms with E-state index in [0.29, 0.717) is 45.1 Å². The number of aromatic amines is 1. The number of carbonyl (C=O) groups excluding carboxylic acids is 1. The maximum absolute atomic E-state index is 13.1. The smallest absolute Gasteiger partial charge is 0.394 e. The number of ether oxygens (including phenoxy) is 1. The lowest BCUT2D eigenvalue weighted by Crippen LogP contribution is -2.41. The average molecular weight is 536 g/mol. The number of imidazole rings is 1. The van der Waals surface area contributed by atoms with Gasteiger partial charge in [0.25, 0.3) is 0 Å². The molecule has 0 atom stereocenters. The summed E-state index contributed by atoms with van der Waals surface area (Å²) in [6.45, 7) is 0. The van der Waals surface area contributed by atoms with Crippen molar-refractivity contribution in [1.29, 1.82) is 5.41 Å². The van der Waals surface area contributed by atoms with Crippen LogP contribution < -0.4 is 16.0 Å². The van der Waals surface area contributed by atoms with E-state index in [9.17, 15) is 18.0 Å². The quantitative estimate of drug-likeness (QED) is 0.175. The van der Waals surface area contributed by atoms with Crippen LogP contribution in [-0.2, 0) is 10.9 Å². The van der Waals surface area contributed by atoms with Crippen LogP contribution in [0.3, 0.4) is 0 Å². The molecule has 1 heterocycles. The third-order valence-corrected chi connectivity index (χ3v) is 5.62. The number of halogens is 5. The van der Waals surface area contributed by atoms with Crippen molar-refractivity contribution in [3.8, 4) is 11.4 Å². The van der Waals surface area contributed by atoms with Gasteiger partial charge in [-0.25, -0.2) is 15.2 Å². The Morgan fingerprint density at radius 2 is 1.69 bits per heavy atom. The Balaban J connectivity index is 1.56. The maximum Gasteiger partial charge on any atom is 0.417 e. The van der Waals surface area contributed by atoms with Gasteiger partial charge < -0.3 is 20.4 Å². The molecule has 0 radical (unpaired) electrons. The molecule has 0 aliphatic heterocycles. The zero-order chi connectivity index (χ0) is 26.0. The number of anilines is 2. The highest BCUT2D eigenvalue weighted by Gasteiger charge is 2.33. The first kappa shape index (κ1) is 25.0. The van der Waals surface area contributed by atoms with Crippen LogP contribution in [0, 0.1) is 5.41 Å². The zero-order valence-corrected chi connectivity index (χ0v) is 19.5. The van der Waals surface area contributed by atoms with Gasteiger partial charge in [0.1, 0.15) is 5.82 Å². The molecule has 36 heavy (non-hydrogen) atoms. The molecule has 0 bridgehead atoms. The molecule has 4 aromatic rings. The fourth-order valence-corrected chi connectivity index (χ4v) is 3.75. The number of carbonyl (C=O) groups is 1. The molecule has 0 saturated carbocycles. The van der Waals surface area contributed by atoms with Gasteiger partial charge in [0.2, 0.25) is 0 Å². The second-order valence-electron chi connectivity index (χ2n) is 7.38. The third-order valence-electron chi connectivity index (χ3n) is 4.96. The Hall–Kier alpha value is -4.09. The molecule has 0 aliphatic carbocycles. The zero-order valence-electron chi connectivity index (χ0n) is 18.0. The molecule has 0 spiro atoms. The SMILES string of the molecule is N=COC(=[NH2+])c1ccc2nc(-c3cc(NC(=O)Nc4ccc(Cl)c(C(F)(F)F)c4)ccc3Cl)[nH]c2c1. The molecule has 13 heteroatoms. The summed E-state index contributed by atoms with van der Waals surface area (Å²) in [6, 6.07) is 12.0. The summed E-state index contributed by atoms with van der Waals surface area (Å²) in [5.41, 5.74) is 1.39. The highest BCUT2D eigenvalue weighted by Crippen LogP contribution is 2.36. The topological polar surface area (TPSA) is 128 Å². The highest BCUT2D eigenvalue weighted by atomic mass is 35.5. The van der Waals surface area contributed by atoms with Crippen molar-refractivity contribution in [2.45, 2.75) is 6.18 Å². The van der Waals surface area contributed by atoms with Crippen LogP contribution in [0.1, 0.15) is 11.1 Å². The minimum absolute atomic E-state index is 0.0429. The van der Waals surface area contributed by atoms with Crippen molar-refractivity contribution in [3.63, 3.8) is 0 Å². The number of fused-ring (bicyclic) bond motifs is 1. The molecule has 0 unspecified atom stereocenters. The fraction of sp³-hybridized carbons (Fsp3) is 0.0435. The van der Waals surface area contributed by atoms with Gasteiger partial charge in [0.05, 0.1) is 32.2 Å². The third kappa shape index (κ3) is 5.42. The number of nitrogens with two attached hydrogens (primary N) is 1. The van der Waals surface area contributed by atoms with E-state index in [2.05, 4.69) is 20.6 Å². The average Bonchev–Trinajstić information content (AvgIpc) is 3.24. The number of nitrogens with zero attached hydrogens (tertiary/aromatic N) is 1. The monoisotopic (exact) mass is 535 g/mol. The molecule has 3 aromatic carbocycles. The summed E-state index contributed by atoms with van der Waals surface area (Å²) in [4.78, 5) is 20.0. The van der Waals surface area contributed by atoms with Crippen LogP contribution in [0.5, 0.6) is 0 Å². The van der Waals surface area contributed by atoms with E-state index in [1.165, 1.54) is 12.1 Å². The lowest BCUT2D eigenvalue weighted by atomic mass is 10.2. The number of nitrogens with one attached hydrogen (secondary N) is 4. The number of hydrogen-bond acceptors (Lipinski definition) is 4. The van der Waals surface area contributed by atoms with Crippen molar-refractivity contribution >= 4 is 63.9 Å². The molecule has 0 aliphatic rings. The Kier molecular flexibility index (Phi) is 6.86. The van der Waals surface area contributed by atoms with Crippen LogP contribution in [-0.4, -0.2) is 28.3 Å². The molecule has 4 rings (SSSR count). The summed E-state index contributed by atoms with van der Waals surface area (Å²) in [5, 5.41) is 17.5. The Labute approximate surface area is 211 Å². The van der Waals surface area contributed by atoms with E-state index in [1.807, 2.05) is 0 Å². The lowest BCUT2D eigenvalue weighted by molar-refractivity contribution is -0.137. The number of rotatable bonds is 5.